The number of hydrogen-bond acceptors (Lipinski definition) is 5. The molecule has 0 spiro atoms. The van der Waals surface area contributed by atoms with Crippen LogP contribution >= 0.6 is 0 Å². The van der Waals surface area contributed by atoms with Gasteiger partial charge in [0.05, 0.1) is 23.5 Å². The third-order valence-electron chi connectivity index (χ3n) is 5.16. The van der Waals surface area contributed by atoms with E-state index in [1.165, 1.54) is 0 Å². The minimum atomic E-state index is -0.298. The van der Waals surface area contributed by atoms with Gasteiger partial charge < -0.3 is 5.32 Å². The fourth-order valence-corrected chi connectivity index (χ4v) is 3.85. The Balaban J connectivity index is 1.60. The zero-order valence-corrected chi connectivity index (χ0v) is 16.4. The highest BCUT2D eigenvalue weighted by Gasteiger charge is 2.28. The first kappa shape index (κ1) is 19.1. The molecule has 1 fully saturated rings. The van der Waals surface area contributed by atoms with Crippen LogP contribution in [0.15, 0.2) is 41.3 Å². The minimum absolute atomic E-state index is 0.0987. The van der Waals surface area contributed by atoms with E-state index < -0.39 is 0 Å². The molecule has 3 aromatic rings. The van der Waals surface area contributed by atoms with Crippen molar-refractivity contribution < 1.29 is 4.79 Å². The van der Waals surface area contributed by atoms with Gasteiger partial charge in [-0.25, -0.2) is 14.6 Å². The molecule has 3 heterocycles. The summed E-state index contributed by atoms with van der Waals surface area (Å²) in [5.41, 5.74) is 2.07. The van der Waals surface area contributed by atoms with E-state index in [0.717, 1.165) is 37.3 Å². The second-order valence-electron chi connectivity index (χ2n) is 7.27. The summed E-state index contributed by atoms with van der Waals surface area (Å²) in [4.78, 5) is 28.9. The molecule has 1 aromatic carbocycles. The molecule has 3 N–H and O–H groups in total. The number of para-hydroxylation sites is 1. The van der Waals surface area contributed by atoms with E-state index in [1.54, 1.807) is 4.68 Å². The molecular formula is C20H25N7O2. The third kappa shape index (κ3) is 4.29. The lowest BCUT2D eigenvalue weighted by Gasteiger charge is -2.31. The monoisotopic (exact) mass is 395 g/mol. The van der Waals surface area contributed by atoms with Gasteiger partial charge in [0.15, 0.2) is 0 Å². The van der Waals surface area contributed by atoms with E-state index in [-0.39, 0.29) is 17.5 Å². The fraction of sp³-hybridized carbons (Fsp3) is 0.400. The largest absolute Gasteiger partial charge is 0.352 e. The molecule has 2 aromatic heterocycles. The number of rotatable bonds is 6. The number of aromatic amines is 2. The Kier molecular flexibility index (Phi) is 5.57. The molecule has 152 valence electrons. The average Bonchev–Trinajstić information content (AvgIpc) is 3.36. The number of likely N-dealkylation sites (tertiary alicyclic amines) is 1. The maximum Gasteiger partial charge on any atom is 0.340 e. The number of H-pyrrole nitrogens is 2. The molecule has 4 rings (SSSR count). The maximum atomic E-state index is 12.7. The van der Waals surface area contributed by atoms with Gasteiger partial charge >= 0.3 is 5.69 Å². The van der Waals surface area contributed by atoms with Crippen molar-refractivity contribution in [2.45, 2.75) is 32.2 Å². The lowest BCUT2D eigenvalue weighted by atomic mass is 9.92. The number of piperidine rings is 1. The van der Waals surface area contributed by atoms with Crippen LogP contribution in [-0.2, 0) is 6.54 Å². The van der Waals surface area contributed by atoms with E-state index >= 15 is 0 Å². The standard InChI is InChI=1S/C20H25N7O2/c1-2-21-19(28)16-12-27(15-8-4-3-5-9-15)25-18(16)14-7-6-10-26(11-14)13-17-22-20(29)24-23-17/h3-5,8-9,12,14H,2,6-7,10-11,13H2,1H3,(H,21,28)(H2,22,23,24,29). The Hall–Kier alpha value is -3.20. The molecule has 0 radical (unpaired) electrons. The zero-order chi connectivity index (χ0) is 20.2. The molecule has 9 heteroatoms. The Bertz CT molecular complexity index is 1020. The lowest BCUT2D eigenvalue weighted by molar-refractivity contribution is 0.0953. The van der Waals surface area contributed by atoms with Crippen LogP contribution in [0.4, 0.5) is 0 Å². The van der Waals surface area contributed by atoms with Crippen LogP contribution in [-0.4, -0.2) is 55.4 Å². The Morgan fingerprint density at radius 3 is 2.86 bits per heavy atom. The molecule has 29 heavy (non-hydrogen) atoms. The number of nitrogens with zero attached hydrogens (tertiary/aromatic N) is 4. The first-order valence-electron chi connectivity index (χ1n) is 9.93. The van der Waals surface area contributed by atoms with Crippen LogP contribution in [0.1, 0.15) is 47.6 Å². The van der Waals surface area contributed by atoms with Crippen molar-refractivity contribution in [1.29, 1.82) is 0 Å². The maximum absolute atomic E-state index is 12.7. The summed E-state index contributed by atoms with van der Waals surface area (Å²) in [6.45, 7) is 4.71. The highest BCUT2D eigenvalue weighted by molar-refractivity contribution is 5.95. The molecule has 9 nitrogen and oxygen atoms in total. The number of aromatic nitrogens is 5. The number of amides is 1. The molecule has 1 aliphatic heterocycles. The highest BCUT2D eigenvalue weighted by Crippen LogP contribution is 2.29. The number of hydrogen-bond donors (Lipinski definition) is 3. The average molecular weight is 395 g/mol. The van der Waals surface area contributed by atoms with Crippen molar-refractivity contribution in [3.8, 4) is 5.69 Å². The van der Waals surface area contributed by atoms with Gasteiger partial charge in [0.2, 0.25) is 0 Å². The van der Waals surface area contributed by atoms with Gasteiger partial charge in [-0.2, -0.15) is 10.2 Å². The first-order valence-corrected chi connectivity index (χ1v) is 9.93. The topological polar surface area (TPSA) is 112 Å². The van der Waals surface area contributed by atoms with Crippen molar-refractivity contribution in [3.63, 3.8) is 0 Å². The molecule has 1 unspecified atom stereocenters. The second-order valence-corrected chi connectivity index (χ2v) is 7.27. The normalized spacial score (nSPS) is 17.3. The van der Waals surface area contributed by atoms with Crippen molar-refractivity contribution in [1.82, 2.24) is 35.2 Å². The molecule has 1 amide bonds. The van der Waals surface area contributed by atoms with Gasteiger partial charge in [-0.3, -0.25) is 14.7 Å². The van der Waals surface area contributed by atoms with Crippen LogP contribution in [0.3, 0.4) is 0 Å². The lowest BCUT2D eigenvalue weighted by Crippen LogP contribution is -2.35. The van der Waals surface area contributed by atoms with Gasteiger partial charge in [-0.1, -0.05) is 18.2 Å². The van der Waals surface area contributed by atoms with Gasteiger partial charge in [0.1, 0.15) is 5.82 Å². The Morgan fingerprint density at radius 1 is 1.31 bits per heavy atom. The summed E-state index contributed by atoms with van der Waals surface area (Å²) in [5, 5.41) is 14.1. The predicted octanol–water partition coefficient (Wildman–Crippen LogP) is 1.41. The molecule has 1 aliphatic rings. The Labute approximate surface area is 168 Å². The molecular weight excluding hydrogens is 370 g/mol. The van der Waals surface area contributed by atoms with Gasteiger partial charge in [-0.05, 0) is 38.4 Å². The number of benzene rings is 1. The van der Waals surface area contributed by atoms with Gasteiger partial charge in [-0.15, -0.1) is 0 Å². The number of carbonyl (C=O) groups excluding carboxylic acids is 1. The quantitative estimate of drug-likeness (QED) is 0.584. The van der Waals surface area contributed by atoms with E-state index in [9.17, 15) is 9.59 Å². The van der Waals surface area contributed by atoms with Crippen LogP contribution < -0.4 is 11.0 Å². The van der Waals surface area contributed by atoms with E-state index in [4.69, 9.17) is 5.10 Å². The molecule has 1 atom stereocenters. The summed E-state index contributed by atoms with van der Waals surface area (Å²) < 4.78 is 1.78. The van der Waals surface area contributed by atoms with E-state index in [0.29, 0.717) is 24.5 Å². The van der Waals surface area contributed by atoms with Gasteiger partial charge in [0, 0.05) is 25.2 Å². The number of carbonyl (C=O) groups is 1. The minimum Gasteiger partial charge on any atom is -0.352 e. The third-order valence-corrected chi connectivity index (χ3v) is 5.16. The van der Waals surface area contributed by atoms with E-state index in [2.05, 4.69) is 25.4 Å². The zero-order valence-electron chi connectivity index (χ0n) is 16.4. The second kappa shape index (κ2) is 8.44. The van der Waals surface area contributed by atoms with E-state index in [1.807, 2.05) is 43.5 Å². The summed E-state index contributed by atoms with van der Waals surface area (Å²) >= 11 is 0. The van der Waals surface area contributed by atoms with Crippen molar-refractivity contribution in [3.05, 3.63) is 64.1 Å². The smallest absolute Gasteiger partial charge is 0.340 e. The predicted molar refractivity (Wildman–Crippen MR) is 108 cm³/mol. The van der Waals surface area contributed by atoms with Crippen LogP contribution in [0, 0.1) is 0 Å². The fourth-order valence-electron chi connectivity index (χ4n) is 3.85. The summed E-state index contributed by atoms with van der Waals surface area (Å²) in [7, 11) is 0. The molecule has 0 aliphatic carbocycles. The SMILES string of the molecule is CCNC(=O)c1cn(-c2ccccc2)nc1C1CCCN(Cc2n[nH]c(=O)[nH]2)C1. The molecule has 1 saturated heterocycles. The molecule has 0 bridgehead atoms. The van der Waals surface area contributed by atoms with Crippen LogP contribution in [0.25, 0.3) is 5.69 Å². The Morgan fingerprint density at radius 2 is 2.14 bits per heavy atom. The first-order chi connectivity index (χ1) is 14.1. The molecule has 0 saturated carbocycles. The van der Waals surface area contributed by atoms with Crippen LogP contribution in [0.5, 0.6) is 0 Å². The highest BCUT2D eigenvalue weighted by atomic mass is 16.2. The van der Waals surface area contributed by atoms with Crippen molar-refractivity contribution in [2.24, 2.45) is 0 Å². The van der Waals surface area contributed by atoms with Gasteiger partial charge in [0.25, 0.3) is 5.91 Å². The van der Waals surface area contributed by atoms with Crippen molar-refractivity contribution >= 4 is 5.91 Å². The summed E-state index contributed by atoms with van der Waals surface area (Å²) in [6, 6.07) is 9.81. The summed E-state index contributed by atoms with van der Waals surface area (Å²) in [6.07, 6.45) is 3.78. The number of nitrogens with one attached hydrogen (secondary N) is 3. The summed E-state index contributed by atoms with van der Waals surface area (Å²) in [5.74, 6) is 0.657. The van der Waals surface area contributed by atoms with Crippen LogP contribution in [0.2, 0.25) is 0 Å². The van der Waals surface area contributed by atoms with Crippen molar-refractivity contribution in [2.75, 3.05) is 19.6 Å².